The van der Waals surface area contributed by atoms with Crippen LogP contribution in [0.15, 0.2) is 53.9 Å². The van der Waals surface area contributed by atoms with Gasteiger partial charge >= 0.3 is 12.1 Å². The smallest absolute Gasteiger partial charge is 0.411 e. The van der Waals surface area contributed by atoms with Crippen LogP contribution in [0.1, 0.15) is 53.5 Å². The van der Waals surface area contributed by atoms with E-state index in [2.05, 4.69) is 4.98 Å². The van der Waals surface area contributed by atoms with Crippen LogP contribution < -0.4 is 0 Å². The van der Waals surface area contributed by atoms with Crippen molar-refractivity contribution >= 4 is 34.9 Å². The fraction of sp³-hybridized carbons (Fsp3) is 0.448. The standard InChI is InChI=1S/C29H33N3O5/c1-28(2,3)36-26(34)23-19(12-11-17-13-18-9-7-8-10-21(18)30-15-17)14-20-16-31(27(35)37-29(4,5)6)24-22(20)32(23)25(24)33/h7-13,15,20,22,24H,14,16H2,1-6H3/t20?,22-,24?/m1/s1. The molecule has 37 heavy (non-hydrogen) atoms. The number of aromatic nitrogens is 1. The molecular formula is C29H33N3O5. The van der Waals surface area contributed by atoms with Crippen molar-refractivity contribution in [3.8, 4) is 0 Å². The number of β-lactam (4-membered cyclic amide) rings is 1. The lowest BCUT2D eigenvalue weighted by atomic mass is 9.79. The monoisotopic (exact) mass is 503 g/mol. The Bertz CT molecular complexity index is 1350. The molecule has 3 aliphatic heterocycles. The van der Waals surface area contributed by atoms with Gasteiger partial charge in [-0.2, -0.15) is 0 Å². The van der Waals surface area contributed by atoms with Gasteiger partial charge in [0.2, 0.25) is 0 Å². The highest BCUT2D eigenvalue weighted by Crippen LogP contribution is 2.48. The molecule has 2 aromatic rings. The number of hydrogen-bond acceptors (Lipinski definition) is 6. The van der Waals surface area contributed by atoms with Crippen LogP contribution in [-0.2, 0) is 19.1 Å². The average Bonchev–Trinajstić information content (AvgIpc) is 3.16. The van der Waals surface area contributed by atoms with Crippen molar-refractivity contribution < 1.29 is 23.9 Å². The summed E-state index contributed by atoms with van der Waals surface area (Å²) >= 11 is 0. The summed E-state index contributed by atoms with van der Waals surface area (Å²) in [5.41, 5.74) is 1.36. The van der Waals surface area contributed by atoms with Gasteiger partial charge in [0.25, 0.3) is 5.91 Å². The van der Waals surface area contributed by atoms with E-state index in [4.69, 9.17) is 9.47 Å². The maximum atomic E-state index is 13.4. The zero-order valence-corrected chi connectivity index (χ0v) is 22.1. The van der Waals surface area contributed by atoms with Gasteiger partial charge in [-0.25, -0.2) is 9.59 Å². The molecule has 8 nitrogen and oxygen atoms in total. The van der Waals surface area contributed by atoms with Crippen LogP contribution in [-0.4, -0.2) is 62.6 Å². The summed E-state index contributed by atoms with van der Waals surface area (Å²) in [7, 11) is 0. The SMILES string of the molecule is CC(C)(C)OC(=O)C1=C(C=Cc2cnc3ccccc3c2)CC2CN(C(=O)OC(C)(C)C)C3C(=O)N1[C@H]23. The van der Waals surface area contributed by atoms with Gasteiger partial charge in [-0.3, -0.25) is 19.6 Å². The summed E-state index contributed by atoms with van der Waals surface area (Å²) in [6.07, 6.45) is 5.59. The molecule has 3 atom stereocenters. The van der Waals surface area contributed by atoms with Gasteiger partial charge in [0, 0.05) is 24.0 Å². The van der Waals surface area contributed by atoms with Crippen molar-refractivity contribution in [1.29, 1.82) is 0 Å². The third kappa shape index (κ3) is 4.72. The highest BCUT2D eigenvalue weighted by Gasteiger charge is 2.64. The minimum atomic E-state index is -0.719. The molecule has 1 aromatic carbocycles. The molecule has 1 aromatic heterocycles. The van der Waals surface area contributed by atoms with Crippen molar-refractivity contribution in [3.63, 3.8) is 0 Å². The topological polar surface area (TPSA) is 89.0 Å². The van der Waals surface area contributed by atoms with E-state index in [9.17, 15) is 14.4 Å². The van der Waals surface area contributed by atoms with E-state index in [1.807, 2.05) is 42.5 Å². The first kappa shape index (κ1) is 25.0. The summed E-state index contributed by atoms with van der Waals surface area (Å²) in [6.45, 7) is 11.2. The number of allylic oxidation sites excluding steroid dienone is 2. The minimum absolute atomic E-state index is 0.00390. The van der Waals surface area contributed by atoms with Gasteiger partial charge in [0.1, 0.15) is 22.9 Å². The molecule has 0 spiro atoms. The molecular weight excluding hydrogens is 470 g/mol. The zero-order chi connectivity index (χ0) is 26.7. The van der Waals surface area contributed by atoms with Gasteiger partial charge in [-0.1, -0.05) is 30.4 Å². The molecule has 194 valence electrons. The number of likely N-dealkylation sites (tertiary alicyclic amines) is 1. The molecule has 2 amide bonds. The van der Waals surface area contributed by atoms with Crippen LogP contribution in [0.5, 0.6) is 0 Å². The molecule has 5 rings (SSSR count). The van der Waals surface area contributed by atoms with Crippen molar-refractivity contribution in [2.45, 2.75) is 71.2 Å². The number of fused-ring (bicyclic) bond motifs is 1. The van der Waals surface area contributed by atoms with Crippen LogP contribution in [0.3, 0.4) is 0 Å². The molecule has 2 fully saturated rings. The van der Waals surface area contributed by atoms with E-state index in [1.54, 1.807) is 47.7 Å². The quantitative estimate of drug-likeness (QED) is 0.446. The largest absolute Gasteiger partial charge is 0.455 e. The van der Waals surface area contributed by atoms with Crippen molar-refractivity contribution in [2.75, 3.05) is 6.54 Å². The number of benzene rings is 1. The molecule has 2 saturated heterocycles. The van der Waals surface area contributed by atoms with Crippen LogP contribution in [0.25, 0.3) is 17.0 Å². The number of esters is 1. The number of carbonyl (C=O) groups excluding carboxylic acids is 3. The number of hydrogen-bond donors (Lipinski definition) is 0. The molecule has 0 N–H and O–H groups in total. The fourth-order valence-electron chi connectivity index (χ4n) is 5.32. The molecule has 4 heterocycles. The van der Waals surface area contributed by atoms with Crippen LogP contribution in [0.4, 0.5) is 4.79 Å². The Balaban J connectivity index is 1.48. The van der Waals surface area contributed by atoms with Gasteiger partial charge in [0.05, 0.1) is 11.6 Å². The lowest BCUT2D eigenvalue weighted by Crippen LogP contribution is -2.69. The second-order valence-electron chi connectivity index (χ2n) is 11.9. The Hall–Kier alpha value is -3.68. The highest BCUT2D eigenvalue weighted by molar-refractivity contribution is 6.03. The van der Waals surface area contributed by atoms with Crippen LogP contribution in [0, 0.1) is 5.92 Å². The van der Waals surface area contributed by atoms with E-state index in [0.717, 1.165) is 16.5 Å². The third-order valence-electron chi connectivity index (χ3n) is 6.70. The molecule has 8 heteroatoms. The summed E-state index contributed by atoms with van der Waals surface area (Å²) in [5, 5.41) is 1.01. The Morgan fingerprint density at radius 1 is 1.03 bits per heavy atom. The van der Waals surface area contributed by atoms with E-state index in [1.165, 1.54) is 9.80 Å². The highest BCUT2D eigenvalue weighted by atomic mass is 16.6. The Morgan fingerprint density at radius 2 is 1.73 bits per heavy atom. The normalized spacial score (nSPS) is 23.4. The van der Waals surface area contributed by atoms with Crippen molar-refractivity contribution in [1.82, 2.24) is 14.8 Å². The van der Waals surface area contributed by atoms with E-state index in [0.29, 0.717) is 18.5 Å². The Labute approximate surface area is 216 Å². The summed E-state index contributed by atoms with van der Waals surface area (Å²) in [6, 6.07) is 9.01. The summed E-state index contributed by atoms with van der Waals surface area (Å²) in [5.74, 6) is -0.822. The first-order valence-electron chi connectivity index (χ1n) is 12.6. The first-order valence-corrected chi connectivity index (χ1v) is 12.6. The number of amides is 2. The first-order chi connectivity index (χ1) is 17.3. The fourth-order valence-corrected chi connectivity index (χ4v) is 5.32. The number of nitrogens with zero attached hydrogens (tertiary/aromatic N) is 3. The number of pyridine rings is 1. The second kappa shape index (κ2) is 8.71. The Kier molecular flexibility index (Phi) is 5.89. The molecule has 0 aliphatic carbocycles. The molecule has 0 radical (unpaired) electrons. The van der Waals surface area contributed by atoms with E-state index in [-0.39, 0.29) is 23.6 Å². The summed E-state index contributed by atoms with van der Waals surface area (Å²) in [4.78, 5) is 47.2. The number of carbonyl (C=O) groups is 3. The maximum absolute atomic E-state index is 13.4. The third-order valence-corrected chi connectivity index (χ3v) is 6.70. The van der Waals surface area contributed by atoms with E-state index >= 15 is 0 Å². The van der Waals surface area contributed by atoms with Crippen LogP contribution >= 0.6 is 0 Å². The van der Waals surface area contributed by atoms with E-state index < -0.39 is 29.3 Å². The number of ether oxygens (including phenoxy) is 2. The number of para-hydroxylation sites is 1. The van der Waals surface area contributed by atoms with Gasteiger partial charge in [-0.15, -0.1) is 0 Å². The van der Waals surface area contributed by atoms with Crippen LogP contribution in [0.2, 0.25) is 0 Å². The van der Waals surface area contributed by atoms with Crippen molar-refractivity contribution in [3.05, 3.63) is 59.4 Å². The van der Waals surface area contributed by atoms with Gasteiger partial charge in [0.15, 0.2) is 0 Å². The predicted octanol–water partition coefficient (Wildman–Crippen LogP) is 4.69. The van der Waals surface area contributed by atoms with Gasteiger partial charge < -0.3 is 9.47 Å². The second-order valence-corrected chi connectivity index (χ2v) is 11.9. The molecule has 0 bridgehead atoms. The number of rotatable bonds is 3. The lowest BCUT2D eigenvalue weighted by Gasteiger charge is -2.50. The predicted molar refractivity (Wildman–Crippen MR) is 139 cm³/mol. The summed E-state index contributed by atoms with van der Waals surface area (Å²) < 4.78 is 11.3. The van der Waals surface area contributed by atoms with Crippen molar-refractivity contribution in [2.24, 2.45) is 5.92 Å². The molecule has 2 unspecified atom stereocenters. The lowest BCUT2D eigenvalue weighted by molar-refractivity contribution is -0.163. The molecule has 3 aliphatic rings. The van der Waals surface area contributed by atoms with Gasteiger partial charge in [-0.05, 0) is 71.2 Å². The Morgan fingerprint density at radius 3 is 2.43 bits per heavy atom. The minimum Gasteiger partial charge on any atom is -0.455 e. The zero-order valence-electron chi connectivity index (χ0n) is 22.1. The maximum Gasteiger partial charge on any atom is 0.411 e. The molecule has 0 saturated carbocycles. The average molecular weight is 504 g/mol.